The number of hydrogen-bond donors (Lipinski definition) is 2. The van der Waals surface area contributed by atoms with Gasteiger partial charge in [0, 0.05) is 13.1 Å². The number of nitrogens with one attached hydrogen (secondary N) is 2. The maximum Gasteiger partial charge on any atom is 0.309 e. The van der Waals surface area contributed by atoms with Crippen molar-refractivity contribution in [3.05, 3.63) is 59.9 Å². The molecule has 0 radical (unpaired) electrons. The van der Waals surface area contributed by atoms with Gasteiger partial charge in [0.25, 0.3) is 0 Å². The molecular weight excluding hydrogens is 441 g/mol. The normalized spacial score (nSPS) is 16.9. The molecule has 1 saturated heterocycles. The second kappa shape index (κ2) is 10.5. The summed E-state index contributed by atoms with van der Waals surface area (Å²) >= 11 is 0. The van der Waals surface area contributed by atoms with Crippen LogP contribution in [0.15, 0.2) is 53.4 Å². The number of halogens is 1. The molecule has 2 aromatic carbocycles. The standard InChI is InChI=1S/C21H24FN3O6S/c1-30-17-7-9-18(10-8-17)32(28,29)25-11-2-12-31-19(25)14-24-21(27)20(26)23-13-15-3-5-16(22)6-4-15/h3-10,19H,2,11-14H2,1H3,(H,23,26)(H,24,27)/t19-/m0/s1. The smallest absolute Gasteiger partial charge is 0.309 e. The van der Waals surface area contributed by atoms with Crippen LogP contribution in [-0.2, 0) is 30.9 Å². The van der Waals surface area contributed by atoms with E-state index in [0.29, 0.717) is 24.3 Å². The molecule has 32 heavy (non-hydrogen) atoms. The summed E-state index contributed by atoms with van der Waals surface area (Å²) in [4.78, 5) is 24.2. The van der Waals surface area contributed by atoms with Crippen molar-refractivity contribution in [2.75, 3.05) is 26.8 Å². The van der Waals surface area contributed by atoms with Crippen molar-refractivity contribution in [3.8, 4) is 5.75 Å². The van der Waals surface area contributed by atoms with Crippen LogP contribution in [0.5, 0.6) is 5.75 Å². The van der Waals surface area contributed by atoms with Crippen LogP contribution in [0.3, 0.4) is 0 Å². The number of carbonyl (C=O) groups excluding carboxylic acids is 2. The number of sulfonamides is 1. The monoisotopic (exact) mass is 465 g/mol. The number of amides is 2. The number of nitrogens with zero attached hydrogens (tertiary/aromatic N) is 1. The van der Waals surface area contributed by atoms with Crippen molar-refractivity contribution >= 4 is 21.8 Å². The maximum absolute atomic E-state index is 13.0. The van der Waals surface area contributed by atoms with E-state index in [1.54, 1.807) is 12.1 Å². The third-order valence-electron chi connectivity index (χ3n) is 4.83. The predicted molar refractivity (Wildman–Crippen MR) is 112 cm³/mol. The van der Waals surface area contributed by atoms with Crippen molar-refractivity contribution in [2.24, 2.45) is 0 Å². The van der Waals surface area contributed by atoms with Crippen molar-refractivity contribution in [1.29, 1.82) is 0 Å². The molecule has 1 aliphatic rings. The lowest BCUT2D eigenvalue weighted by Gasteiger charge is -2.34. The Labute approximate surface area is 185 Å². The summed E-state index contributed by atoms with van der Waals surface area (Å²) in [6.45, 7) is 0.389. The summed E-state index contributed by atoms with van der Waals surface area (Å²) in [5, 5.41) is 4.83. The molecule has 0 aromatic heterocycles. The fourth-order valence-electron chi connectivity index (χ4n) is 3.11. The van der Waals surface area contributed by atoms with Gasteiger partial charge in [-0.25, -0.2) is 12.8 Å². The van der Waals surface area contributed by atoms with E-state index in [4.69, 9.17) is 9.47 Å². The van der Waals surface area contributed by atoms with Gasteiger partial charge in [-0.1, -0.05) is 12.1 Å². The molecule has 1 fully saturated rings. The van der Waals surface area contributed by atoms with E-state index >= 15 is 0 Å². The minimum Gasteiger partial charge on any atom is -0.497 e. The summed E-state index contributed by atoms with van der Waals surface area (Å²) in [6.07, 6.45) is -0.456. The fraction of sp³-hybridized carbons (Fsp3) is 0.333. The second-order valence-corrected chi connectivity index (χ2v) is 8.88. The Kier molecular flexibility index (Phi) is 7.78. The van der Waals surface area contributed by atoms with Gasteiger partial charge in [0.15, 0.2) is 0 Å². The molecule has 0 saturated carbocycles. The van der Waals surface area contributed by atoms with E-state index in [9.17, 15) is 22.4 Å². The first-order valence-electron chi connectivity index (χ1n) is 9.89. The van der Waals surface area contributed by atoms with Crippen LogP contribution >= 0.6 is 0 Å². The van der Waals surface area contributed by atoms with Crippen molar-refractivity contribution < 1.29 is 31.9 Å². The summed E-state index contributed by atoms with van der Waals surface area (Å²) < 4.78 is 50.8. The number of hydrogen-bond acceptors (Lipinski definition) is 6. The van der Waals surface area contributed by atoms with Crippen LogP contribution in [0.4, 0.5) is 4.39 Å². The topological polar surface area (TPSA) is 114 Å². The molecule has 1 heterocycles. The van der Waals surface area contributed by atoms with E-state index in [1.165, 1.54) is 43.5 Å². The summed E-state index contributed by atoms with van der Waals surface area (Å²) in [5.41, 5.74) is 0.625. The molecule has 3 rings (SSSR count). The van der Waals surface area contributed by atoms with Crippen molar-refractivity contribution in [3.63, 3.8) is 0 Å². The predicted octanol–water partition coefficient (Wildman–Crippen LogP) is 1.00. The molecule has 2 N–H and O–H groups in total. The quantitative estimate of drug-likeness (QED) is 0.590. The van der Waals surface area contributed by atoms with Gasteiger partial charge < -0.3 is 20.1 Å². The third-order valence-corrected chi connectivity index (χ3v) is 6.73. The first kappa shape index (κ1) is 23.6. The van der Waals surface area contributed by atoms with E-state index in [1.807, 2.05) is 0 Å². The summed E-state index contributed by atoms with van der Waals surface area (Å²) in [6, 6.07) is 11.4. The van der Waals surface area contributed by atoms with Gasteiger partial charge in [-0.2, -0.15) is 4.31 Å². The first-order chi connectivity index (χ1) is 15.3. The van der Waals surface area contributed by atoms with Gasteiger partial charge in [-0.15, -0.1) is 0 Å². The second-order valence-electron chi connectivity index (χ2n) is 6.99. The van der Waals surface area contributed by atoms with Crippen LogP contribution in [0.1, 0.15) is 12.0 Å². The van der Waals surface area contributed by atoms with Gasteiger partial charge in [0.2, 0.25) is 10.0 Å². The SMILES string of the molecule is COc1ccc(S(=O)(=O)N2CCCO[C@H]2CNC(=O)C(=O)NCc2ccc(F)cc2)cc1. The molecule has 0 spiro atoms. The average molecular weight is 466 g/mol. The van der Waals surface area contributed by atoms with Crippen LogP contribution < -0.4 is 15.4 Å². The number of carbonyl (C=O) groups is 2. The zero-order chi connectivity index (χ0) is 23.1. The molecule has 1 aliphatic heterocycles. The van der Waals surface area contributed by atoms with Crippen molar-refractivity contribution in [2.45, 2.75) is 24.1 Å². The highest BCUT2D eigenvalue weighted by molar-refractivity contribution is 7.89. The summed E-state index contributed by atoms with van der Waals surface area (Å²) in [5.74, 6) is -1.70. The Hall–Kier alpha value is -3.02. The van der Waals surface area contributed by atoms with Gasteiger partial charge >= 0.3 is 11.8 Å². The number of benzene rings is 2. The first-order valence-corrected chi connectivity index (χ1v) is 11.3. The highest BCUT2D eigenvalue weighted by Crippen LogP contribution is 2.23. The maximum atomic E-state index is 13.0. The zero-order valence-corrected chi connectivity index (χ0v) is 18.2. The Morgan fingerprint density at radius 1 is 1.09 bits per heavy atom. The van der Waals surface area contributed by atoms with Crippen LogP contribution in [-0.4, -0.2) is 57.6 Å². The minimum absolute atomic E-state index is 0.0461. The highest BCUT2D eigenvalue weighted by atomic mass is 32.2. The molecule has 2 aromatic rings. The number of rotatable bonds is 7. The summed E-state index contributed by atoms with van der Waals surface area (Å²) in [7, 11) is -2.40. The Balaban J connectivity index is 1.58. The molecule has 9 nitrogen and oxygen atoms in total. The Bertz CT molecular complexity index is 1040. The molecule has 2 amide bonds. The van der Waals surface area contributed by atoms with Crippen LogP contribution in [0, 0.1) is 5.82 Å². The zero-order valence-electron chi connectivity index (χ0n) is 17.4. The minimum atomic E-state index is -3.88. The Morgan fingerprint density at radius 2 is 1.75 bits per heavy atom. The molecule has 1 atom stereocenters. The lowest BCUT2D eigenvalue weighted by atomic mass is 10.2. The van der Waals surface area contributed by atoms with Gasteiger partial charge in [0.05, 0.1) is 25.2 Å². The molecule has 11 heteroatoms. The highest BCUT2D eigenvalue weighted by Gasteiger charge is 2.35. The lowest BCUT2D eigenvalue weighted by molar-refractivity contribution is -0.140. The van der Waals surface area contributed by atoms with E-state index < -0.39 is 33.9 Å². The number of methoxy groups -OCH3 is 1. The van der Waals surface area contributed by atoms with Gasteiger partial charge in [-0.05, 0) is 48.4 Å². The average Bonchev–Trinajstić information content (AvgIpc) is 2.82. The van der Waals surface area contributed by atoms with Crippen LogP contribution in [0.2, 0.25) is 0 Å². The van der Waals surface area contributed by atoms with Crippen molar-refractivity contribution in [1.82, 2.24) is 14.9 Å². The third kappa shape index (κ3) is 5.81. The largest absolute Gasteiger partial charge is 0.497 e. The van der Waals surface area contributed by atoms with E-state index in [-0.39, 0.29) is 24.5 Å². The lowest BCUT2D eigenvalue weighted by Crippen LogP contribution is -2.53. The fourth-order valence-corrected chi connectivity index (χ4v) is 4.68. The molecule has 172 valence electrons. The Morgan fingerprint density at radius 3 is 2.41 bits per heavy atom. The number of ether oxygens (including phenoxy) is 2. The van der Waals surface area contributed by atoms with E-state index in [0.717, 1.165) is 4.31 Å². The van der Waals surface area contributed by atoms with Crippen LogP contribution in [0.25, 0.3) is 0 Å². The molecule has 0 aliphatic carbocycles. The van der Waals surface area contributed by atoms with Gasteiger partial charge in [0.1, 0.15) is 17.8 Å². The van der Waals surface area contributed by atoms with Gasteiger partial charge in [-0.3, -0.25) is 9.59 Å². The van der Waals surface area contributed by atoms with E-state index in [2.05, 4.69) is 10.6 Å². The molecule has 0 unspecified atom stereocenters. The molecular formula is C21H24FN3O6S. The molecule has 0 bridgehead atoms.